The molecule has 1 heterocycles. The summed E-state index contributed by atoms with van der Waals surface area (Å²) >= 11 is 1.80. The highest BCUT2D eigenvalue weighted by atomic mass is 32.1. The number of thiazole rings is 1. The molecule has 1 saturated carbocycles. The van der Waals surface area contributed by atoms with Gasteiger partial charge in [-0.1, -0.05) is 19.8 Å². The average molecular weight is 323 g/mol. The van der Waals surface area contributed by atoms with Crippen LogP contribution in [-0.2, 0) is 6.42 Å². The van der Waals surface area contributed by atoms with Gasteiger partial charge in [0.25, 0.3) is 0 Å². The fourth-order valence-electron chi connectivity index (χ4n) is 2.93. The predicted octanol–water partition coefficient (Wildman–Crippen LogP) is 3.44. The Balaban J connectivity index is 1.82. The number of hydrogen-bond acceptors (Lipinski definition) is 3. The number of hydrogen-bond donors (Lipinski definition) is 2. The Bertz CT molecular complexity index is 481. The molecule has 0 unspecified atom stereocenters. The van der Waals surface area contributed by atoms with Crippen LogP contribution in [0.2, 0.25) is 0 Å². The fraction of sp³-hybridized carbons (Fsp3) is 0.765. The summed E-state index contributed by atoms with van der Waals surface area (Å²) < 4.78 is 0. The van der Waals surface area contributed by atoms with Crippen LogP contribution in [0, 0.1) is 19.3 Å². The molecule has 124 valence electrons. The molecule has 1 aromatic heterocycles. The van der Waals surface area contributed by atoms with Gasteiger partial charge in [0.05, 0.1) is 10.7 Å². The van der Waals surface area contributed by atoms with Crippen molar-refractivity contribution < 1.29 is 0 Å². The van der Waals surface area contributed by atoms with Gasteiger partial charge in [-0.3, -0.25) is 4.99 Å². The van der Waals surface area contributed by atoms with Crippen LogP contribution in [0.5, 0.6) is 0 Å². The van der Waals surface area contributed by atoms with Crippen molar-refractivity contribution in [3.63, 3.8) is 0 Å². The molecular formula is C17H30N4S. The zero-order chi connectivity index (χ0) is 16.0. The largest absolute Gasteiger partial charge is 0.357 e. The van der Waals surface area contributed by atoms with E-state index >= 15 is 0 Å². The molecule has 5 heteroatoms. The standard InChI is InChI=1S/C17H30N4S/c1-5-18-16(20-12-17(4)9-6-7-10-17)19-11-8-15-21-13(2)14(3)22-15/h5-12H2,1-4H3,(H2,18,19,20). The van der Waals surface area contributed by atoms with Crippen LogP contribution in [0.1, 0.15) is 55.1 Å². The molecule has 1 aliphatic carbocycles. The highest BCUT2D eigenvalue weighted by molar-refractivity contribution is 7.11. The second-order valence-corrected chi connectivity index (χ2v) is 7.93. The summed E-state index contributed by atoms with van der Waals surface area (Å²) in [6.45, 7) is 11.4. The molecule has 4 nitrogen and oxygen atoms in total. The zero-order valence-corrected chi connectivity index (χ0v) is 15.3. The minimum absolute atomic E-state index is 0.409. The van der Waals surface area contributed by atoms with Gasteiger partial charge in [0.1, 0.15) is 0 Å². The van der Waals surface area contributed by atoms with Crippen LogP contribution in [-0.4, -0.2) is 30.6 Å². The van der Waals surface area contributed by atoms with Crippen LogP contribution in [0.15, 0.2) is 4.99 Å². The number of aromatic nitrogens is 1. The van der Waals surface area contributed by atoms with E-state index < -0.39 is 0 Å². The number of aliphatic imine (C=N–C) groups is 1. The summed E-state index contributed by atoms with van der Waals surface area (Å²) in [5.41, 5.74) is 1.57. The smallest absolute Gasteiger partial charge is 0.191 e. The summed E-state index contributed by atoms with van der Waals surface area (Å²) in [5.74, 6) is 0.945. The topological polar surface area (TPSA) is 49.3 Å². The van der Waals surface area contributed by atoms with Gasteiger partial charge < -0.3 is 10.6 Å². The highest BCUT2D eigenvalue weighted by Crippen LogP contribution is 2.37. The lowest BCUT2D eigenvalue weighted by atomic mass is 9.89. The second kappa shape index (κ2) is 7.95. The third kappa shape index (κ3) is 4.97. The zero-order valence-electron chi connectivity index (χ0n) is 14.5. The number of guanidine groups is 1. The minimum atomic E-state index is 0.409. The summed E-state index contributed by atoms with van der Waals surface area (Å²) in [5, 5.41) is 8.00. The van der Waals surface area contributed by atoms with Gasteiger partial charge in [0, 0.05) is 30.9 Å². The number of rotatable bonds is 6. The van der Waals surface area contributed by atoms with E-state index in [0.29, 0.717) is 5.41 Å². The summed E-state index contributed by atoms with van der Waals surface area (Å²) in [4.78, 5) is 10.7. The van der Waals surface area contributed by atoms with Crippen molar-refractivity contribution >= 4 is 17.3 Å². The third-order valence-electron chi connectivity index (χ3n) is 4.48. The van der Waals surface area contributed by atoms with E-state index in [1.807, 2.05) is 0 Å². The van der Waals surface area contributed by atoms with Crippen LogP contribution in [0.3, 0.4) is 0 Å². The Morgan fingerprint density at radius 2 is 2.00 bits per heavy atom. The summed E-state index contributed by atoms with van der Waals surface area (Å²) in [7, 11) is 0. The first kappa shape index (κ1) is 17.3. The molecule has 1 aliphatic rings. The average Bonchev–Trinajstić information content (AvgIpc) is 3.04. The lowest BCUT2D eigenvalue weighted by Gasteiger charge is -2.21. The van der Waals surface area contributed by atoms with E-state index in [1.54, 1.807) is 11.3 Å². The second-order valence-electron chi connectivity index (χ2n) is 6.64. The van der Waals surface area contributed by atoms with Gasteiger partial charge in [-0.15, -0.1) is 11.3 Å². The van der Waals surface area contributed by atoms with Gasteiger partial charge in [0.15, 0.2) is 5.96 Å². The monoisotopic (exact) mass is 322 g/mol. The molecule has 1 aromatic rings. The Morgan fingerprint density at radius 1 is 1.27 bits per heavy atom. The van der Waals surface area contributed by atoms with E-state index in [4.69, 9.17) is 4.99 Å². The van der Waals surface area contributed by atoms with Crippen LogP contribution >= 0.6 is 11.3 Å². The number of aryl methyl sites for hydroxylation is 2. The molecule has 0 spiro atoms. The van der Waals surface area contributed by atoms with Gasteiger partial charge in [0.2, 0.25) is 0 Å². The van der Waals surface area contributed by atoms with Crippen molar-refractivity contribution in [3.8, 4) is 0 Å². The van der Waals surface area contributed by atoms with E-state index in [0.717, 1.165) is 37.7 Å². The lowest BCUT2D eigenvalue weighted by Crippen LogP contribution is -2.39. The van der Waals surface area contributed by atoms with E-state index in [9.17, 15) is 0 Å². The molecule has 1 fully saturated rings. The molecular weight excluding hydrogens is 292 g/mol. The van der Waals surface area contributed by atoms with Crippen LogP contribution in [0.25, 0.3) is 0 Å². The van der Waals surface area contributed by atoms with E-state index in [1.165, 1.54) is 35.6 Å². The first-order valence-electron chi connectivity index (χ1n) is 8.47. The van der Waals surface area contributed by atoms with Crippen LogP contribution in [0.4, 0.5) is 0 Å². The van der Waals surface area contributed by atoms with Crippen molar-refractivity contribution in [1.29, 1.82) is 0 Å². The van der Waals surface area contributed by atoms with Gasteiger partial charge in [-0.25, -0.2) is 4.98 Å². The predicted molar refractivity (Wildman–Crippen MR) is 95.8 cm³/mol. The summed E-state index contributed by atoms with van der Waals surface area (Å²) in [6.07, 6.45) is 6.31. The van der Waals surface area contributed by atoms with Gasteiger partial charge in [-0.2, -0.15) is 0 Å². The molecule has 0 aromatic carbocycles. The Morgan fingerprint density at radius 3 is 2.59 bits per heavy atom. The number of nitrogens with zero attached hydrogens (tertiary/aromatic N) is 2. The fourth-order valence-corrected chi connectivity index (χ4v) is 3.87. The highest BCUT2D eigenvalue weighted by Gasteiger charge is 2.28. The first-order chi connectivity index (χ1) is 10.5. The Labute approximate surface area is 138 Å². The van der Waals surface area contributed by atoms with Crippen molar-refractivity contribution in [2.75, 3.05) is 19.6 Å². The molecule has 2 N–H and O–H groups in total. The minimum Gasteiger partial charge on any atom is -0.357 e. The first-order valence-corrected chi connectivity index (χ1v) is 9.29. The summed E-state index contributed by atoms with van der Waals surface area (Å²) in [6, 6.07) is 0. The maximum atomic E-state index is 4.80. The maximum absolute atomic E-state index is 4.80. The third-order valence-corrected chi connectivity index (χ3v) is 5.61. The van der Waals surface area contributed by atoms with E-state index in [2.05, 4.69) is 43.3 Å². The quantitative estimate of drug-likeness (QED) is 0.623. The van der Waals surface area contributed by atoms with Gasteiger partial charge >= 0.3 is 0 Å². The molecule has 2 rings (SSSR count). The van der Waals surface area contributed by atoms with Gasteiger partial charge in [-0.05, 0) is 39.0 Å². The molecule has 22 heavy (non-hydrogen) atoms. The van der Waals surface area contributed by atoms with Crippen LogP contribution < -0.4 is 10.6 Å². The molecule has 0 aliphatic heterocycles. The normalized spacial score (nSPS) is 17.7. The molecule has 0 atom stereocenters. The van der Waals surface area contributed by atoms with Crippen molar-refractivity contribution in [2.45, 2.75) is 59.8 Å². The van der Waals surface area contributed by atoms with Crippen molar-refractivity contribution in [1.82, 2.24) is 15.6 Å². The lowest BCUT2D eigenvalue weighted by molar-refractivity contribution is 0.350. The molecule has 0 amide bonds. The van der Waals surface area contributed by atoms with Crippen molar-refractivity contribution in [3.05, 3.63) is 15.6 Å². The molecule has 0 saturated heterocycles. The molecule has 0 radical (unpaired) electrons. The Kier molecular flexibility index (Phi) is 6.24. The Hall–Kier alpha value is -1.10. The molecule has 0 bridgehead atoms. The maximum Gasteiger partial charge on any atom is 0.191 e. The number of nitrogens with one attached hydrogen (secondary N) is 2. The SMILES string of the molecule is CCNC(=NCC1(C)CCCC1)NCCc1nc(C)c(C)s1. The van der Waals surface area contributed by atoms with E-state index in [-0.39, 0.29) is 0 Å². The van der Waals surface area contributed by atoms with Crippen molar-refractivity contribution in [2.24, 2.45) is 10.4 Å².